The van der Waals surface area contributed by atoms with Crippen LogP contribution in [0, 0.1) is 0 Å². The second-order valence-corrected chi connectivity index (χ2v) is 5.42. The normalized spacial score (nSPS) is 11.5. The topological polar surface area (TPSA) is 105 Å². The van der Waals surface area contributed by atoms with Crippen LogP contribution >= 0.6 is 11.3 Å². The number of allylic oxidation sites excluding steroid dienone is 1. The van der Waals surface area contributed by atoms with Crippen molar-refractivity contribution in [3.05, 3.63) is 63.9 Å². The van der Waals surface area contributed by atoms with Gasteiger partial charge in [0.2, 0.25) is 11.6 Å². The van der Waals surface area contributed by atoms with Crippen molar-refractivity contribution in [2.75, 3.05) is 0 Å². The van der Waals surface area contributed by atoms with E-state index < -0.39 is 5.78 Å². The highest BCUT2D eigenvalue weighted by molar-refractivity contribution is 7.10. The molecule has 0 bridgehead atoms. The zero-order valence-corrected chi connectivity index (χ0v) is 12.1. The van der Waals surface area contributed by atoms with E-state index in [-0.39, 0.29) is 11.6 Å². The first-order valence-corrected chi connectivity index (χ1v) is 7.26. The molecule has 2 N–H and O–H groups in total. The molecule has 7 nitrogen and oxygen atoms in total. The fraction of sp³-hybridized carbons (Fsp3) is 0.0714. The molecule has 22 heavy (non-hydrogen) atoms. The van der Waals surface area contributed by atoms with E-state index in [9.17, 15) is 9.90 Å². The van der Waals surface area contributed by atoms with E-state index in [4.69, 9.17) is 0 Å². The van der Waals surface area contributed by atoms with Crippen molar-refractivity contribution in [1.82, 2.24) is 25.6 Å². The van der Waals surface area contributed by atoms with Crippen molar-refractivity contribution < 1.29 is 9.90 Å². The van der Waals surface area contributed by atoms with Gasteiger partial charge in [0.15, 0.2) is 0 Å². The lowest BCUT2D eigenvalue weighted by Crippen LogP contribution is -1.99. The van der Waals surface area contributed by atoms with Crippen LogP contribution in [0.15, 0.2) is 41.9 Å². The molecule has 3 aromatic rings. The third-order valence-electron chi connectivity index (χ3n) is 2.86. The summed E-state index contributed by atoms with van der Waals surface area (Å²) in [7, 11) is 0. The molecule has 0 fully saturated rings. The largest absolute Gasteiger partial charge is 0.507 e. The molecule has 0 unspecified atom stereocenters. The predicted molar refractivity (Wildman–Crippen MR) is 80.5 cm³/mol. The number of pyridine rings is 1. The SMILES string of the molecule is O=C(C=C(O)c1csc(Cc2ccccn2)c1)c1nn[nH]n1. The molecule has 3 heterocycles. The van der Waals surface area contributed by atoms with Gasteiger partial charge in [0, 0.05) is 40.2 Å². The number of tetrazole rings is 1. The van der Waals surface area contributed by atoms with Crippen molar-refractivity contribution in [2.45, 2.75) is 6.42 Å². The van der Waals surface area contributed by atoms with E-state index in [1.54, 1.807) is 11.6 Å². The average molecular weight is 313 g/mol. The number of thiophene rings is 1. The molecule has 0 amide bonds. The number of hydrogen-bond donors (Lipinski definition) is 2. The van der Waals surface area contributed by atoms with E-state index in [0.29, 0.717) is 12.0 Å². The summed E-state index contributed by atoms with van der Waals surface area (Å²) in [4.78, 5) is 17.1. The predicted octanol–water partition coefficient (Wildman–Crippen LogP) is 2.03. The molecular weight excluding hydrogens is 302 g/mol. The van der Waals surface area contributed by atoms with Crippen molar-refractivity contribution >= 4 is 22.9 Å². The second-order valence-electron chi connectivity index (χ2n) is 4.43. The Hall–Kier alpha value is -2.87. The highest BCUT2D eigenvalue weighted by Crippen LogP contribution is 2.22. The van der Waals surface area contributed by atoms with Crippen molar-refractivity contribution in [1.29, 1.82) is 0 Å². The van der Waals surface area contributed by atoms with E-state index >= 15 is 0 Å². The number of carbonyl (C=O) groups excluding carboxylic acids is 1. The number of H-pyrrole nitrogens is 1. The summed E-state index contributed by atoms with van der Waals surface area (Å²) in [5.74, 6) is -0.725. The zero-order chi connectivity index (χ0) is 15.4. The van der Waals surface area contributed by atoms with Crippen LogP contribution in [0.4, 0.5) is 0 Å². The quantitative estimate of drug-likeness (QED) is 0.424. The van der Waals surface area contributed by atoms with Gasteiger partial charge in [0.25, 0.3) is 0 Å². The molecule has 3 aromatic heterocycles. The Morgan fingerprint density at radius 1 is 1.41 bits per heavy atom. The third kappa shape index (κ3) is 3.23. The minimum atomic E-state index is -0.510. The summed E-state index contributed by atoms with van der Waals surface area (Å²) < 4.78 is 0. The number of nitrogens with zero attached hydrogens (tertiary/aromatic N) is 4. The van der Waals surface area contributed by atoms with Gasteiger partial charge in [-0.15, -0.1) is 21.5 Å². The first kappa shape index (κ1) is 14.1. The van der Waals surface area contributed by atoms with E-state index in [1.165, 1.54) is 11.3 Å². The summed E-state index contributed by atoms with van der Waals surface area (Å²) in [6, 6.07) is 7.56. The van der Waals surface area contributed by atoms with Gasteiger partial charge in [-0.25, -0.2) is 0 Å². The molecule has 0 saturated heterocycles. The van der Waals surface area contributed by atoms with Crippen LogP contribution in [0.3, 0.4) is 0 Å². The van der Waals surface area contributed by atoms with Gasteiger partial charge < -0.3 is 5.11 Å². The number of ketones is 1. The number of hydrogen-bond acceptors (Lipinski definition) is 7. The van der Waals surface area contributed by atoms with Gasteiger partial charge in [-0.05, 0) is 23.4 Å². The standard InChI is InChI=1S/C14H11N5O2S/c20-12(7-13(21)14-16-18-19-17-14)9-5-11(22-8-9)6-10-3-1-2-4-15-10/h1-5,7-8,20H,6H2,(H,16,17,18,19). The third-order valence-corrected chi connectivity index (χ3v) is 3.80. The van der Waals surface area contributed by atoms with E-state index in [0.717, 1.165) is 16.6 Å². The number of rotatable bonds is 5. The van der Waals surface area contributed by atoms with Gasteiger partial charge >= 0.3 is 0 Å². The number of carbonyl (C=O) groups is 1. The number of aromatic amines is 1. The first-order chi connectivity index (χ1) is 10.7. The summed E-state index contributed by atoms with van der Waals surface area (Å²) in [6.45, 7) is 0. The summed E-state index contributed by atoms with van der Waals surface area (Å²) in [6.07, 6.45) is 3.50. The maximum Gasteiger partial charge on any atom is 0.244 e. The minimum Gasteiger partial charge on any atom is -0.507 e. The molecular formula is C14H11N5O2S. The van der Waals surface area contributed by atoms with Crippen molar-refractivity contribution in [2.24, 2.45) is 0 Å². The molecule has 8 heteroatoms. The maximum atomic E-state index is 11.8. The highest BCUT2D eigenvalue weighted by atomic mass is 32.1. The van der Waals surface area contributed by atoms with Gasteiger partial charge in [-0.2, -0.15) is 5.21 Å². The fourth-order valence-corrected chi connectivity index (χ4v) is 2.72. The molecule has 110 valence electrons. The van der Waals surface area contributed by atoms with Gasteiger partial charge in [0.1, 0.15) is 5.76 Å². The molecule has 0 radical (unpaired) electrons. The van der Waals surface area contributed by atoms with Crippen molar-refractivity contribution in [3.8, 4) is 0 Å². The first-order valence-electron chi connectivity index (χ1n) is 6.38. The summed E-state index contributed by atoms with van der Waals surface area (Å²) in [5, 5.41) is 24.4. The number of aliphatic hydroxyl groups is 1. The Balaban J connectivity index is 1.74. The molecule has 0 aliphatic heterocycles. The summed E-state index contributed by atoms with van der Waals surface area (Å²) >= 11 is 1.50. The Bertz CT molecular complexity index is 796. The Kier molecular flexibility index (Phi) is 4.01. The van der Waals surface area contributed by atoms with Crippen molar-refractivity contribution in [3.63, 3.8) is 0 Å². The zero-order valence-electron chi connectivity index (χ0n) is 11.3. The minimum absolute atomic E-state index is 0.0875. The number of aliphatic hydroxyl groups excluding tert-OH is 1. The molecule has 0 aromatic carbocycles. The monoisotopic (exact) mass is 313 g/mol. The molecule has 0 saturated carbocycles. The number of aromatic nitrogens is 5. The van der Waals surface area contributed by atoms with Crippen LogP contribution in [-0.4, -0.2) is 36.5 Å². The fourth-order valence-electron chi connectivity index (χ4n) is 1.83. The highest BCUT2D eigenvalue weighted by Gasteiger charge is 2.11. The molecule has 0 spiro atoms. The smallest absolute Gasteiger partial charge is 0.244 e. The van der Waals surface area contributed by atoms with Crippen LogP contribution in [0.2, 0.25) is 0 Å². The lowest BCUT2D eigenvalue weighted by atomic mass is 10.2. The van der Waals surface area contributed by atoms with E-state index in [1.807, 2.05) is 24.3 Å². The van der Waals surface area contributed by atoms with E-state index in [2.05, 4.69) is 25.6 Å². The maximum absolute atomic E-state index is 11.8. The average Bonchev–Trinajstić information content (AvgIpc) is 3.19. The van der Waals surface area contributed by atoms with Crippen LogP contribution in [0.1, 0.15) is 26.8 Å². The molecule has 0 atom stereocenters. The molecule has 0 aliphatic carbocycles. The lowest BCUT2D eigenvalue weighted by molar-refractivity contribution is 0.103. The van der Waals surface area contributed by atoms with Gasteiger partial charge in [0.05, 0.1) is 0 Å². The summed E-state index contributed by atoms with van der Waals surface area (Å²) in [5.41, 5.74) is 1.52. The Morgan fingerprint density at radius 2 is 2.32 bits per heavy atom. The lowest BCUT2D eigenvalue weighted by Gasteiger charge is -1.96. The van der Waals surface area contributed by atoms with Crippen LogP contribution in [-0.2, 0) is 6.42 Å². The number of nitrogens with one attached hydrogen (secondary N) is 1. The Labute approximate surface area is 129 Å². The molecule has 3 rings (SSSR count). The Morgan fingerprint density at radius 3 is 3.05 bits per heavy atom. The van der Waals surface area contributed by atoms with Gasteiger partial charge in [-0.3, -0.25) is 9.78 Å². The van der Waals surface area contributed by atoms with Crippen LogP contribution in [0.25, 0.3) is 5.76 Å². The van der Waals surface area contributed by atoms with Crippen LogP contribution < -0.4 is 0 Å². The molecule has 0 aliphatic rings. The van der Waals surface area contributed by atoms with Crippen LogP contribution in [0.5, 0.6) is 0 Å². The van der Waals surface area contributed by atoms with Gasteiger partial charge in [-0.1, -0.05) is 6.07 Å². The second kappa shape index (κ2) is 6.27.